The minimum atomic E-state index is -0.733. The molecule has 1 aromatic rings. The third-order valence-corrected chi connectivity index (χ3v) is 1.51. The van der Waals surface area contributed by atoms with E-state index in [-0.39, 0.29) is 0 Å². The number of nitrogens with one attached hydrogen (secondary N) is 2. The number of ether oxygens (including phenoxy) is 1. The first-order valence-corrected chi connectivity index (χ1v) is 4.03. The summed E-state index contributed by atoms with van der Waals surface area (Å²) in [5.74, 6) is 0. The summed E-state index contributed by atoms with van der Waals surface area (Å²) in [6, 6.07) is 1.97. The maximum Gasteiger partial charge on any atom is 0.404 e. The van der Waals surface area contributed by atoms with Crippen LogP contribution in [0, 0.1) is 0 Å². The van der Waals surface area contributed by atoms with Gasteiger partial charge in [0.25, 0.3) is 0 Å². The Balaban J connectivity index is 1.99. The van der Waals surface area contributed by atoms with Gasteiger partial charge in [-0.2, -0.15) is 0 Å². The van der Waals surface area contributed by atoms with Crippen molar-refractivity contribution in [1.82, 2.24) is 10.3 Å². The summed E-state index contributed by atoms with van der Waals surface area (Å²) < 4.78 is 4.53. The summed E-state index contributed by atoms with van der Waals surface area (Å²) in [5.41, 5.74) is 5.94. The summed E-state index contributed by atoms with van der Waals surface area (Å²) >= 11 is 0. The van der Waals surface area contributed by atoms with Crippen molar-refractivity contribution in [2.24, 2.45) is 5.73 Å². The molecule has 0 saturated carbocycles. The van der Waals surface area contributed by atoms with Gasteiger partial charge in [-0.1, -0.05) is 0 Å². The molecule has 0 fully saturated rings. The van der Waals surface area contributed by atoms with Crippen LogP contribution in [-0.2, 0) is 11.3 Å². The molecule has 0 bridgehead atoms. The van der Waals surface area contributed by atoms with Crippen molar-refractivity contribution in [2.45, 2.75) is 6.54 Å². The summed E-state index contributed by atoms with van der Waals surface area (Å²) in [6.45, 7) is 1.67. The molecule has 1 rings (SSSR count). The number of amides is 1. The smallest absolute Gasteiger partial charge is 0.404 e. The average molecular weight is 183 g/mol. The quantitative estimate of drug-likeness (QED) is 0.570. The second kappa shape index (κ2) is 5.21. The Labute approximate surface area is 76.3 Å². The molecule has 1 aromatic heterocycles. The Hall–Kier alpha value is -1.49. The standard InChI is InChI=1S/C8H13N3O2/c9-8(12)13-4-3-11-6-7-1-2-10-5-7/h1-2,5,10-11H,3-4,6H2,(H2,9,12). The zero-order valence-electron chi connectivity index (χ0n) is 7.25. The van der Waals surface area contributed by atoms with Crippen molar-refractivity contribution in [1.29, 1.82) is 0 Å². The maximum absolute atomic E-state index is 10.2. The highest BCUT2D eigenvalue weighted by atomic mass is 16.5. The van der Waals surface area contributed by atoms with Crippen molar-refractivity contribution in [3.8, 4) is 0 Å². The van der Waals surface area contributed by atoms with E-state index in [0.29, 0.717) is 13.2 Å². The molecule has 1 heterocycles. The summed E-state index contributed by atoms with van der Waals surface area (Å²) in [6.07, 6.45) is 3.03. The number of aromatic amines is 1. The highest BCUT2D eigenvalue weighted by molar-refractivity contribution is 5.64. The second-order valence-electron chi connectivity index (χ2n) is 2.56. The van der Waals surface area contributed by atoms with E-state index in [4.69, 9.17) is 5.73 Å². The zero-order chi connectivity index (χ0) is 9.52. The lowest BCUT2D eigenvalue weighted by Crippen LogP contribution is -2.23. The van der Waals surface area contributed by atoms with E-state index in [9.17, 15) is 4.79 Å². The van der Waals surface area contributed by atoms with Crippen LogP contribution in [0.5, 0.6) is 0 Å². The maximum atomic E-state index is 10.2. The fourth-order valence-corrected chi connectivity index (χ4v) is 0.925. The highest BCUT2D eigenvalue weighted by Crippen LogP contribution is 1.93. The van der Waals surface area contributed by atoms with Crippen LogP contribution in [0.1, 0.15) is 5.56 Å². The Morgan fingerprint density at radius 3 is 3.15 bits per heavy atom. The van der Waals surface area contributed by atoms with Gasteiger partial charge < -0.3 is 20.8 Å². The van der Waals surface area contributed by atoms with Gasteiger partial charge in [-0.05, 0) is 11.6 Å². The first-order chi connectivity index (χ1) is 6.29. The summed E-state index contributed by atoms with van der Waals surface area (Å²) in [7, 11) is 0. The van der Waals surface area contributed by atoms with E-state index in [1.807, 2.05) is 18.5 Å². The van der Waals surface area contributed by atoms with Gasteiger partial charge >= 0.3 is 6.09 Å². The summed E-state index contributed by atoms with van der Waals surface area (Å²) in [4.78, 5) is 13.1. The number of primary amides is 1. The van der Waals surface area contributed by atoms with Gasteiger partial charge in [0.2, 0.25) is 0 Å². The molecule has 0 radical (unpaired) electrons. The average Bonchev–Trinajstić information content (AvgIpc) is 2.55. The van der Waals surface area contributed by atoms with Crippen LogP contribution in [0.15, 0.2) is 18.5 Å². The molecule has 1 amide bonds. The lowest BCUT2D eigenvalue weighted by Gasteiger charge is -2.02. The number of hydrogen-bond acceptors (Lipinski definition) is 3. The molecule has 0 saturated heterocycles. The third kappa shape index (κ3) is 4.17. The minimum Gasteiger partial charge on any atom is -0.448 e. The first kappa shape index (κ1) is 9.60. The zero-order valence-corrected chi connectivity index (χ0v) is 7.25. The SMILES string of the molecule is NC(=O)OCCNCc1cc[nH]c1. The molecule has 0 unspecified atom stereocenters. The fraction of sp³-hybridized carbons (Fsp3) is 0.375. The van der Waals surface area contributed by atoms with Crippen LogP contribution in [0.2, 0.25) is 0 Å². The van der Waals surface area contributed by atoms with Gasteiger partial charge in [0.15, 0.2) is 0 Å². The fourth-order valence-electron chi connectivity index (χ4n) is 0.925. The number of carbonyl (C=O) groups is 1. The van der Waals surface area contributed by atoms with Gasteiger partial charge in [-0.25, -0.2) is 4.79 Å². The van der Waals surface area contributed by atoms with E-state index < -0.39 is 6.09 Å². The van der Waals surface area contributed by atoms with E-state index >= 15 is 0 Å². The van der Waals surface area contributed by atoms with Crippen LogP contribution < -0.4 is 11.1 Å². The van der Waals surface area contributed by atoms with Crippen LogP contribution in [0.25, 0.3) is 0 Å². The molecule has 13 heavy (non-hydrogen) atoms. The van der Waals surface area contributed by atoms with Crippen molar-refractivity contribution < 1.29 is 9.53 Å². The van der Waals surface area contributed by atoms with Gasteiger partial charge in [-0.3, -0.25) is 0 Å². The van der Waals surface area contributed by atoms with E-state index in [1.54, 1.807) is 0 Å². The molecule has 5 nitrogen and oxygen atoms in total. The molecule has 0 spiro atoms. The normalized spacial score (nSPS) is 9.85. The predicted molar refractivity (Wildman–Crippen MR) is 48.0 cm³/mol. The Morgan fingerprint density at radius 2 is 2.54 bits per heavy atom. The number of aromatic nitrogens is 1. The lowest BCUT2D eigenvalue weighted by molar-refractivity contribution is 0.157. The van der Waals surface area contributed by atoms with Crippen LogP contribution in [0.4, 0.5) is 4.79 Å². The molecule has 0 atom stereocenters. The third-order valence-electron chi connectivity index (χ3n) is 1.51. The minimum absolute atomic E-state index is 0.305. The monoisotopic (exact) mass is 183 g/mol. The number of carbonyl (C=O) groups excluding carboxylic acids is 1. The number of hydrogen-bond donors (Lipinski definition) is 3. The molecule has 5 heteroatoms. The number of nitrogens with two attached hydrogens (primary N) is 1. The number of H-pyrrole nitrogens is 1. The Kier molecular flexibility index (Phi) is 3.84. The molecular formula is C8H13N3O2. The topological polar surface area (TPSA) is 80.1 Å². The molecule has 0 aliphatic rings. The second-order valence-corrected chi connectivity index (χ2v) is 2.56. The van der Waals surface area contributed by atoms with Gasteiger partial charge in [0.05, 0.1) is 0 Å². The Morgan fingerprint density at radius 1 is 1.69 bits per heavy atom. The van der Waals surface area contributed by atoms with Crippen LogP contribution in [-0.4, -0.2) is 24.2 Å². The van der Waals surface area contributed by atoms with Gasteiger partial charge in [-0.15, -0.1) is 0 Å². The van der Waals surface area contributed by atoms with Gasteiger partial charge in [0.1, 0.15) is 6.61 Å². The van der Waals surface area contributed by atoms with Crippen molar-refractivity contribution >= 4 is 6.09 Å². The largest absolute Gasteiger partial charge is 0.448 e. The van der Waals surface area contributed by atoms with Crippen LogP contribution in [0.3, 0.4) is 0 Å². The molecule has 0 aromatic carbocycles. The van der Waals surface area contributed by atoms with Gasteiger partial charge in [0, 0.05) is 25.5 Å². The molecule has 4 N–H and O–H groups in total. The van der Waals surface area contributed by atoms with Crippen molar-refractivity contribution in [3.05, 3.63) is 24.0 Å². The highest BCUT2D eigenvalue weighted by Gasteiger charge is 1.93. The number of rotatable bonds is 5. The molecule has 0 aliphatic heterocycles. The van der Waals surface area contributed by atoms with E-state index in [0.717, 1.165) is 6.54 Å². The first-order valence-electron chi connectivity index (χ1n) is 4.03. The van der Waals surface area contributed by atoms with Crippen LogP contribution >= 0.6 is 0 Å². The van der Waals surface area contributed by atoms with E-state index in [2.05, 4.69) is 15.0 Å². The molecule has 72 valence electrons. The van der Waals surface area contributed by atoms with Crippen molar-refractivity contribution in [3.63, 3.8) is 0 Å². The predicted octanol–water partition coefficient (Wildman–Crippen LogP) is 0.200. The lowest BCUT2D eigenvalue weighted by atomic mass is 10.3. The van der Waals surface area contributed by atoms with E-state index in [1.165, 1.54) is 5.56 Å². The molecule has 0 aliphatic carbocycles. The van der Waals surface area contributed by atoms with Crippen molar-refractivity contribution in [2.75, 3.05) is 13.2 Å². The summed E-state index contributed by atoms with van der Waals surface area (Å²) in [5, 5.41) is 3.09. The molecular weight excluding hydrogens is 170 g/mol. The Bertz CT molecular complexity index is 246.